The van der Waals surface area contributed by atoms with E-state index in [0.717, 1.165) is 12.1 Å². The summed E-state index contributed by atoms with van der Waals surface area (Å²) < 4.78 is 0. The molecule has 118 valence electrons. The highest BCUT2D eigenvalue weighted by atomic mass is 16.1. The number of nitrogens with zero attached hydrogens (tertiary/aromatic N) is 1. The fourth-order valence-electron chi connectivity index (χ4n) is 2.33. The molecule has 1 aromatic rings. The number of carbonyl (C=O) groups is 1. The maximum atomic E-state index is 12.0. The van der Waals surface area contributed by atoms with Gasteiger partial charge in [-0.2, -0.15) is 0 Å². The van der Waals surface area contributed by atoms with Crippen molar-refractivity contribution in [2.45, 2.75) is 65.2 Å². The molecule has 1 heterocycles. The lowest BCUT2D eigenvalue weighted by Gasteiger charge is -2.07. The number of carbonyl (C=O) groups excluding carboxylic acids is 1. The summed E-state index contributed by atoms with van der Waals surface area (Å²) in [6, 6.07) is 1.73. The number of hydrogen-bond donors (Lipinski definition) is 2. The van der Waals surface area contributed by atoms with Crippen LogP contribution in [0.25, 0.3) is 0 Å². The largest absolute Gasteiger partial charge is 0.398 e. The third kappa shape index (κ3) is 7.11. The Morgan fingerprint density at radius 1 is 1.14 bits per heavy atom. The summed E-state index contributed by atoms with van der Waals surface area (Å²) in [7, 11) is 0. The SMILES string of the molecule is CCCCCCCCCCNC(=O)c1cnc(C)cc1N. The van der Waals surface area contributed by atoms with Crippen LogP contribution in [0.4, 0.5) is 5.69 Å². The minimum Gasteiger partial charge on any atom is -0.398 e. The fourth-order valence-corrected chi connectivity index (χ4v) is 2.33. The number of hydrogen-bond acceptors (Lipinski definition) is 3. The van der Waals surface area contributed by atoms with E-state index < -0.39 is 0 Å². The molecule has 1 rings (SSSR count). The summed E-state index contributed by atoms with van der Waals surface area (Å²) in [5.74, 6) is -0.122. The number of nitrogen functional groups attached to an aromatic ring is 1. The summed E-state index contributed by atoms with van der Waals surface area (Å²) >= 11 is 0. The minimum atomic E-state index is -0.122. The number of nitrogens with two attached hydrogens (primary N) is 1. The number of aromatic nitrogens is 1. The van der Waals surface area contributed by atoms with Gasteiger partial charge < -0.3 is 11.1 Å². The second-order valence-corrected chi connectivity index (χ2v) is 5.64. The first-order valence-corrected chi connectivity index (χ1v) is 8.15. The summed E-state index contributed by atoms with van der Waals surface area (Å²) in [6.07, 6.45) is 11.7. The second kappa shape index (κ2) is 10.2. The van der Waals surface area contributed by atoms with Gasteiger partial charge in [-0.25, -0.2) is 0 Å². The van der Waals surface area contributed by atoms with Gasteiger partial charge in [-0.3, -0.25) is 9.78 Å². The van der Waals surface area contributed by atoms with Crippen molar-refractivity contribution in [1.29, 1.82) is 0 Å². The highest BCUT2D eigenvalue weighted by Crippen LogP contribution is 2.11. The number of aryl methyl sites for hydroxylation is 1. The van der Waals surface area contributed by atoms with E-state index in [9.17, 15) is 4.79 Å². The van der Waals surface area contributed by atoms with Crippen LogP contribution in [0.3, 0.4) is 0 Å². The first kappa shape index (κ1) is 17.5. The van der Waals surface area contributed by atoms with E-state index >= 15 is 0 Å². The van der Waals surface area contributed by atoms with Crippen LogP contribution in [0.15, 0.2) is 12.3 Å². The number of nitrogens with one attached hydrogen (secondary N) is 1. The molecule has 0 bridgehead atoms. The van der Waals surface area contributed by atoms with Crippen LogP contribution >= 0.6 is 0 Å². The molecule has 0 aliphatic carbocycles. The summed E-state index contributed by atoms with van der Waals surface area (Å²) in [5, 5.41) is 2.91. The van der Waals surface area contributed by atoms with Crippen LogP contribution in [-0.4, -0.2) is 17.4 Å². The van der Waals surface area contributed by atoms with Gasteiger partial charge >= 0.3 is 0 Å². The number of amides is 1. The molecule has 0 spiro atoms. The highest BCUT2D eigenvalue weighted by molar-refractivity contribution is 5.98. The molecule has 3 N–H and O–H groups in total. The van der Waals surface area contributed by atoms with Gasteiger partial charge in [0.25, 0.3) is 5.91 Å². The lowest BCUT2D eigenvalue weighted by Crippen LogP contribution is -2.25. The predicted molar refractivity (Wildman–Crippen MR) is 88.3 cm³/mol. The van der Waals surface area contributed by atoms with Crippen molar-refractivity contribution >= 4 is 11.6 Å². The maximum Gasteiger partial charge on any atom is 0.254 e. The van der Waals surface area contributed by atoms with Gasteiger partial charge in [0.15, 0.2) is 0 Å². The van der Waals surface area contributed by atoms with Gasteiger partial charge in [0.2, 0.25) is 0 Å². The molecule has 0 aliphatic rings. The van der Waals surface area contributed by atoms with Gasteiger partial charge in [0.1, 0.15) is 0 Å². The molecule has 0 aliphatic heterocycles. The average Bonchev–Trinajstić information content (AvgIpc) is 2.45. The average molecular weight is 291 g/mol. The van der Waals surface area contributed by atoms with Crippen molar-refractivity contribution in [1.82, 2.24) is 10.3 Å². The van der Waals surface area contributed by atoms with Crippen molar-refractivity contribution in [3.8, 4) is 0 Å². The molecule has 0 radical (unpaired) electrons. The van der Waals surface area contributed by atoms with E-state index in [2.05, 4.69) is 17.2 Å². The van der Waals surface area contributed by atoms with Crippen molar-refractivity contribution in [3.05, 3.63) is 23.5 Å². The Bertz CT molecular complexity index is 432. The van der Waals surface area contributed by atoms with Crippen molar-refractivity contribution in [3.63, 3.8) is 0 Å². The predicted octanol–water partition coefficient (Wildman–Crippen LogP) is 3.84. The molecule has 4 nitrogen and oxygen atoms in total. The molecule has 0 saturated heterocycles. The normalized spacial score (nSPS) is 10.6. The molecule has 0 unspecified atom stereocenters. The quantitative estimate of drug-likeness (QED) is 0.643. The molecule has 0 aromatic carbocycles. The first-order chi connectivity index (χ1) is 10.1. The zero-order valence-electron chi connectivity index (χ0n) is 13.5. The molecule has 21 heavy (non-hydrogen) atoms. The summed E-state index contributed by atoms with van der Waals surface area (Å²) in [5.41, 5.74) is 7.63. The lowest BCUT2D eigenvalue weighted by molar-refractivity contribution is 0.0953. The van der Waals surface area contributed by atoms with Crippen molar-refractivity contribution in [2.75, 3.05) is 12.3 Å². The van der Waals surface area contributed by atoms with E-state index in [1.54, 1.807) is 12.3 Å². The highest BCUT2D eigenvalue weighted by Gasteiger charge is 2.09. The van der Waals surface area contributed by atoms with Crippen LogP contribution in [0.2, 0.25) is 0 Å². The summed E-state index contributed by atoms with van der Waals surface area (Å²) in [6.45, 7) is 4.80. The van der Waals surface area contributed by atoms with Crippen LogP contribution < -0.4 is 11.1 Å². The maximum absolute atomic E-state index is 12.0. The monoisotopic (exact) mass is 291 g/mol. The lowest BCUT2D eigenvalue weighted by atomic mass is 10.1. The van der Waals surface area contributed by atoms with Crippen molar-refractivity contribution in [2.24, 2.45) is 0 Å². The van der Waals surface area contributed by atoms with Crippen LogP contribution in [0.1, 0.15) is 74.3 Å². The van der Waals surface area contributed by atoms with E-state index in [-0.39, 0.29) is 5.91 Å². The zero-order valence-corrected chi connectivity index (χ0v) is 13.5. The second-order valence-electron chi connectivity index (χ2n) is 5.64. The van der Waals surface area contributed by atoms with Crippen LogP contribution in [0, 0.1) is 6.92 Å². The summed E-state index contributed by atoms with van der Waals surface area (Å²) in [4.78, 5) is 16.1. The van der Waals surface area contributed by atoms with E-state index in [1.807, 2.05) is 6.92 Å². The Labute approximate surface area is 128 Å². The van der Waals surface area contributed by atoms with Crippen LogP contribution in [0.5, 0.6) is 0 Å². The van der Waals surface area contributed by atoms with E-state index in [4.69, 9.17) is 5.73 Å². The number of pyridine rings is 1. The Hall–Kier alpha value is -1.58. The Morgan fingerprint density at radius 2 is 1.76 bits per heavy atom. The molecular formula is C17H29N3O. The van der Waals surface area contributed by atoms with Gasteiger partial charge in [0, 0.05) is 24.1 Å². The van der Waals surface area contributed by atoms with Crippen molar-refractivity contribution < 1.29 is 4.79 Å². The van der Waals surface area contributed by atoms with Gasteiger partial charge in [0.05, 0.1) is 5.56 Å². The molecule has 0 fully saturated rings. The molecule has 1 amide bonds. The van der Waals surface area contributed by atoms with Crippen LogP contribution in [-0.2, 0) is 0 Å². The molecule has 1 aromatic heterocycles. The molecule has 4 heteroatoms. The molecular weight excluding hydrogens is 262 g/mol. The molecule has 0 atom stereocenters. The smallest absolute Gasteiger partial charge is 0.254 e. The fraction of sp³-hybridized carbons (Fsp3) is 0.647. The topological polar surface area (TPSA) is 68.0 Å². The van der Waals surface area contributed by atoms with E-state index in [0.29, 0.717) is 17.8 Å². The van der Waals surface area contributed by atoms with Gasteiger partial charge in [-0.15, -0.1) is 0 Å². The standard InChI is InChI=1S/C17H29N3O/c1-3-4-5-6-7-8-9-10-11-19-17(21)15-13-20-14(2)12-16(15)18/h12-13H,3-11H2,1-2H3,(H2,18,20)(H,19,21). The van der Waals surface area contributed by atoms with Gasteiger partial charge in [-0.05, 0) is 19.4 Å². The Morgan fingerprint density at radius 3 is 2.38 bits per heavy atom. The molecule has 0 saturated carbocycles. The number of anilines is 1. The van der Waals surface area contributed by atoms with Gasteiger partial charge in [-0.1, -0.05) is 51.9 Å². The number of unbranched alkanes of at least 4 members (excludes halogenated alkanes) is 7. The zero-order chi connectivity index (χ0) is 15.5. The van der Waals surface area contributed by atoms with E-state index in [1.165, 1.54) is 44.9 Å². The number of rotatable bonds is 10. The first-order valence-electron chi connectivity index (χ1n) is 8.15. The third-order valence-electron chi connectivity index (χ3n) is 3.63. The Balaban J connectivity index is 2.11. The Kier molecular flexibility index (Phi) is 8.48. The third-order valence-corrected chi connectivity index (χ3v) is 3.63. The minimum absolute atomic E-state index is 0.122.